The van der Waals surface area contributed by atoms with Gasteiger partial charge < -0.3 is 30.6 Å². The van der Waals surface area contributed by atoms with Crippen molar-refractivity contribution >= 4 is 69.7 Å². The zero-order chi connectivity index (χ0) is 26.8. The number of carbonyl (C=O) groups is 4. The molecule has 0 radical (unpaired) electrons. The summed E-state index contributed by atoms with van der Waals surface area (Å²) in [6.45, 7) is 8.39. The summed E-state index contributed by atoms with van der Waals surface area (Å²) in [6.07, 6.45) is 0.162. The minimum absolute atomic E-state index is 0.0743. The van der Waals surface area contributed by atoms with Crippen molar-refractivity contribution in [3.8, 4) is 0 Å². The van der Waals surface area contributed by atoms with Gasteiger partial charge in [0, 0.05) is 17.7 Å². The molecular formula is C20H26N6O7S3. The normalized spacial score (nSPS) is 22.6. The zero-order valence-corrected chi connectivity index (χ0v) is 22.5. The summed E-state index contributed by atoms with van der Waals surface area (Å²) in [4.78, 5) is 60.0. The zero-order valence-electron chi connectivity index (χ0n) is 20.1. The number of thioether (sulfide) groups is 2. The number of fused-ring (bicyclic) bond motifs is 1. The average Bonchev–Trinajstić information content (AvgIpc) is 3.21. The van der Waals surface area contributed by atoms with E-state index in [1.165, 1.54) is 41.5 Å². The molecule has 0 saturated carbocycles. The van der Waals surface area contributed by atoms with E-state index in [1.54, 1.807) is 20.8 Å². The summed E-state index contributed by atoms with van der Waals surface area (Å²) in [5, 5.41) is 15.4. The van der Waals surface area contributed by atoms with Crippen molar-refractivity contribution in [1.82, 2.24) is 19.6 Å². The Hall–Kier alpha value is -2.85. The molecule has 2 amide bonds. The minimum Gasteiger partial charge on any atom is -0.478 e. The van der Waals surface area contributed by atoms with Gasteiger partial charge in [0.25, 0.3) is 11.8 Å². The molecule has 3 rings (SSSR count). The molecule has 36 heavy (non-hydrogen) atoms. The second-order valence-electron chi connectivity index (χ2n) is 8.58. The van der Waals surface area contributed by atoms with E-state index in [1.807, 2.05) is 6.92 Å². The van der Waals surface area contributed by atoms with Crippen LogP contribution in [0.3, 0.4) is 0 Å². The Labute approximate surface area is 219 Å². The van der Waals surface area contributed by atoms with Crippen LogP contribution in [0.25, 0.3) is 0 Å². The van der Waals surface area contributed by atoms with Gasteiger partial charge in [-0.05, 0) is 33.4 Å². The number of anilines is 1. The van der Waals surface area contributed by atoms with Gasteiger partial charge in [0.2, 0.25) is 17.6 Å². The SMILES string of the molecule is CCSC1S[C@@H]2C(NC(=O)C(=NOC(C)C(=O)OC(C)(C)C)c3nsc(N)n3)C(=O)N2C=C1C(=O)O. The summed E-state index contributed by atoms with van der Waals surface area (Å²) in [5.41, 5.74) is 4.62. The molecule has 16 heteroatoms. The van der Waals surface area contributed by atoms with Crippen LogP contribution in [-0.2, 0) is 28.8 Å². The number of rotatable bonds is 9. The molecule has 1 aromatic heterocycles. The highest BCUT2D eigenvalue weighted by Crippen LogP contribution is 2.44. The maximum atomic E-state index is 13.1. The lowest BCUT2D eigenvalue weighted by Crippen LogP contribution is -2.69. The molecule has 3 heterocycles. The summed E-state index contributed by atoms with van der Waals surface area (Å²) in [5.74, 6) is -2.58. The van der Waals surface area contributed by atoms with E-state index >= 15 is 0 Å². The van der Waals surface area contributed by atoms with Crippen molar-refractivity contribution in [3.05, 3.63) is 17.6 Å². The minimum atomic E-state index is -1.15. The summed E-state index contributed by atoms with van der Waals surface area (Å²) >= 11 is 3.50. The predicted octanol–water partition coefficient (Wildman–Crippen LogP) is 1.02. The summed E-state index contributed by atoms with van der Waals surface area (Å²) in [6, 6.07) is -0.946. The fourth-order valence-corrected chi connectivity index (χ4v) is 6.37. The lowest BCUT2D eigenvalue weighted by Gasteiger charge is -2.48. The quantitative estimate of drug-likeness (QED) is 0.169. The van der Waals surface area contributed by atoms with Crippen LogP contribution in [0.5, 0.6) is 0 Å². The van der Waals surface area contributed by atoms with Gasteiger partial charge in [-0.3, -0.25) is 9.59 Å². The number of esters is 1. The van der Waals surface area contributed by atoms with Crippen LogP contribution in [0.2, 0.25) is 0 Å². The smallest absolute Gasteiger partial charge is 0.350 e. The fourth-order valence-electron chi connectivity index (χ4n) is 3.03. The van der Waals surface area contributed by atoms with E-state index < -0.39 is 51.5 Å². The molecule has 3 unspecified atom stereocenters. The number of β-lactam (4-membered cyclic amide) rings is 1. The van der Waals surface area contributed by atoms with Gasteiger partial charge >= 0.3 is 11.9 Å². The molecule has 4 N–H and O–H groups in total. The van der Waals surface area contributed by atoms with E-state index in [2.05, 4.69) is 19.8 Å². The second-order valence-corrected chi connectivity index (χ2v) is 12.3. The van der Waals surface area contributed by atoms with Crippen LogP contribution < -0.4 is 11.1 Å². The van der Waals surface area contributed by atoms with E-state index in [0.717, 1.165) is 11.5 Å². The lowest BCUT2D eigenvalue weighted by atomic mass is 10.1. The lowest BCUT2D eigenvalue weighted by molar-refractivity contribution is -0.167. The highest BCUT2D eigenvalue weighted by atomic mass is 32.2. The van der Waals surface area contributed by atoms with E-state index in [4.69, 9.17) is 15.3 Å². The number of hydrogen-bond acceptors (Lipinski definition) is 13. The molecule has 13 nitrogen and oxygen atoms in total. The third kappa shape index (κ3) is 6.28. The van der Waals surface area contributed by atoms with Crippen LogP contribution in [-0.4, -0.2) is 82.3 Å². The van der Waals surface area contributed by atoms with Crippen molar-refractivity contribution in [3.63, 3.8) is 0 Å². The fraction of sp³-hybridized carbons (Fsp3) is 0.550. The molecule has 0 aliphatic carbocycles. The first kappa shape index (κ1) is 27.7. The Morgan fingerprint density at radius 2 is 2.08 bits per heavy atom. The molecule has 4 atom stereocenters. The predicted molar refractivity (Wildman–Crippen MR) is 135 cm³/mol. The third-order valence-electron chi connectivity index (χ3n) is 4.64. The molecule has 1 aromatic rings. The van der Waals surface area contributed by atoms with Gasteiger partial charge in [0.1, 0.15) is 17.0 Å². The van der Waals surface area contributed by atoms with Crippen molar-refractivity contribution in [2.24, 2.45) is 5.16 Å². The monoisotopic (exact) mass is 558 g/mol. The van der Waals surface area contributed by atoms with Crippen molar-refractivity contribution in [2.75, 3.05) is 11.5 Å². The molecule has 0 bridgehead atoms. The van der Waals surface area contributed by atoms with Gasteiger partial charge in [-0.1, -0.05) is 12.1 Å². The number of nitrogens with zero attached hydrogens (tertiary/aromatic N) is 4. The Kier molecular flexibility index (Phi) is 8.51. The van der Waals surface area contributed by atoms with Crippen LogP contribution in [0, 0.1) is 0 Å². The Bertz CT molecular complexity index is 1120. The van der Waals surface area contributed by atoms with E-state index in [0.29, 0.717) is 5.75 Å². The number of carboxylic acid groups (broad SMARTS) is 1. The van der Waals surface area contributed by atoms with Crippen LogP contribution in [0.15, 0.2) is 16.9 Å². The highest BCUT2D eigenvalue weighted by Gasteiger charge is 2.52. The summed E-state index contributed by atoms with van der Waals surface area (Å²) in [7, 11) is 0. The maximum absolute atomic E-state index is 13.1. The van der Waals surface area contributed by atoms with Gasteiger partial charge in [-0.2, -0.15) is 9.36 Å². The number of nitrogens with two attached hydrogens (primary N) is 1. The van der Waals surface area contributed by atoms with Gasteiger partial charge in [-0.15, -0.1) is 23.5 Å². The van der Waals surface area contributed by atoms with Crippen molar-refractivity contribution < 1.29 is 33.9 Å². The van der Waals surface area contributed by atoms with E-state index in [-0.39, 0.29) is 22.2 Å². The first-order valence-corrected chi connectivity index (χ1v) is 13.5. The number of carbonyl (C=O) groups excluding carboxylic acids is 3. The maximum Gasteiger partial charge on any atom is 0.350 e. The molecule has 1 fully saturated rings. The number of nitrogen functional groups attached to an aromatic ring is 1. The highest BCUT2D eigenvalue weighted by molar-refractivity contribution is 8.17. The number of oxime groups is 1. The Morgan fingerprint density at radius 3 is 2.64 bits per heavy atom. The molecule has 2 aliphatic rings. The van der Waals surface area contributed by atoms with Gasteiger partial charge in [-0.25, -0.2) is 9.59 Å². The van der Waals surface area contributed by atoms with Crippen LogP contribution in [0.4, 0.5) is 5.13 Å². The van der Waals surface area contributed by atoms with E-state index in [9.17, 15) is 24.3 Å². The number of carboxylic acids is 1. The van der Waals surface area contributed by atoms with Gasteiger partial charge in [0.05, 0.1) is 10.2 Å². The molecule has 2 aliphatic heterocycles. The molecular weight excluding hydrogens is 532 g/mol. The van der Waals surface area contributed by atoms with Crippen LogP contribution in [0.1, 0.15) is 40.4 Å². The molecule has 0 spiro atoms. The summed E-state index contributed by atoms with van der Waals surface area (Å²) < 4.78 is 8.80. The topological polar surface area (TPSA) is 186 Å². The first-order chi connectivity index (χ1) is 16.8. The standard InChI is InChI=1S/C20H26N6O7S3/c1-6-34-18-9(16(29)30)7-26-14(28)11(15(26)35-18)22-13(27)10(12-23-19(21)36-25-12)24-33-8(2)17(31)32-20(3,4)5/h7-8,11,15,18H,6H2,1-5H3,(H,22,27)(H,29,30)(H2,21,23,25)/t8?,11?,15-,18?/m1/s1. The number of aliphatic carboxylic acids is 1. The molecule has 1 saturated heterocycles. The Morgan fingerprint density at radius 1 is 1.39 bits per heavy atom. The second kappa shape index (κ2) is 11.0. The Balaban J connectivity index is 1.77. The largest absolute Gasteiger partial charge is 0.478 e. The van der Waals surface area contributed by atoms with Crippen LogP contribution >= 0.6 is 35.1 Å². The number of hydrogen-bond donors (Lipinski definition) is 3. The average molecular weight is 559 g/mol. The number of aromatic nitrogens is 2. The number of ether oxygens (including phenoxy) is 1. The van der Waals surface area contributed by atoms with Gasteiger partial charge in [0.15, 0.2) is 5.13 Å². The molecule has 196 valence electrons. The first-order valence-electron chi connectivity index (χ1n) is 10.7. The number of nitrogens with one attached hydrogen (secondary N) is 1. The molecule has 0 aromatic carbocycles. The van der Waals surface area contributed by atoms with Crippen molar-refractivity contribution in [1.29, 1.82) is 0 Å². The third-order valence-corrected chi connectivity index (χ3v) is 8.09. The number of amides is 2. The van der Waals surface area contributed by atoms with Crippen molar-refractivity contribution in [2.45, 2.75) is 62.3 Å².